The van der Waals surface area contributed by atoms with Crippen LogP contribution in [0.15, 0.2) is 36.4 Å². The molecule has 0 saturated carbocycles. The number of benzene rings is 1. The van der Waals surface area contributed by atoms with Crippen molar-refractivity contribution >= 4 is 10.2 Å². The predicted molar refractivity (Wildman–Crippen MR) is 89.3 cm³/mol. The molecule has 0 unspecified atom stereocenters. The molecule has 0 spiro atoms. The predicted octanol–water partition coefficient (Wildman–Crippen LogP) is 1.83. The Kier molecular flexibility index (Phi) is 5.70. The second kappa shape index (κ2) is 7.54. The zero-order valence-corrected chi connectivity index (χ0v) is 14.3. The first-order valence-electron chi connectivity index (χ1n) is 7.20. The number of nitrogens with zero attached hydrogens (tertiary/aromatic N) is 1. The monoisotopic (exact) mass is 335 g/mol. The third-order valence-corrected chi connectivity index (χ3v) is 4.43. The van der Waals surface area contributed by atoms with E-state index in [1.807, 2.05) is 50.2 Å². The van der Waals surface area contributed by atoms with Gasteiger partial charge in [0.1, 0.15) is 0 Å². The van der Waals surface area contributed by atoms with Crippen LogP contribution in [-0.4, -0.2) is 20.5 Å². The molecule has 2 N–H and O–H groups in total. The molecule has 0 aliphatic carbocycles. The number of aromatic nitrogens is 1. The van der Waals surface area contributed by atoms with Crippen LogP contribution in [0.25, 0.3) is 0 Å². The number of hydrogen-bond donors (Lipinski definition) is 2. The molecule has 1 aromatic heterocycles. The lowest BCUT2D eigenvalue weighted by atomic mass is 10.1. The number of methoxy groups -OCH3 is 1. The summed E-state index contributed by atoms with van der Waals surface area (Å²) in [6.07, 6.45) is 0. The van der Waals surface area contributed by atoms with Crippen molar-refractivity contribution in [1.29, 1.82) is 0 Å². The molecule has 0 fully saturated rings. The van der Waals surface area contributed by atoms with Gasteiger partial charge >= 0.3 is 0 Å². The van der Waals surface area contributed by atoms with E-state index in [0.717, 1.165) is 22.4 Å². The second-order valence-electron chi connectivity index (χ2n) is 5.20. The van der Waals surface area contributed by atoms with E-state index in [1.165, 1.54) is 7.11 Å². The molecule has 23 heavy (non-hydrogen) atoms. The van der Waals surface area contributed by atoms with Crippen LogP contribution in [0.3, 0.4) is 0 Å². The highest BCUT2D eigenvalue weighted by molar-refractivity contribution is 7.87. The molecule has 0 aliphatic rings. The first-order valence-corrected chi connectivity index (χ1v) is 8.69. The van der Waals surface area contributed by atoms with Crippen LogP contribution in [-0.2, 0) is 23.3 Å². The zero-order chi connectivity index (χ0) is 16.9. The first kappa shape index (κ1) is 17.4. The topological polar surface area (TPSA) is 80.3 Å². The molecule has 6 nitrogen and oxygen atoms in total. The van der Waals surface area contributed by atoms with Gasteiger partial charge in [0.15, 0.2) is 0 Å². The molecule has 7 heteroatoms. The summed E-state index contributed by atoms with van der Waals surface area (Å²) in [7, 11) is -2.09. The van der Waals surface area contributed by atoms with E-state index in [0.29, 0.717) is 5.88 Å². The number of nitrogens with one attached hydrogen (secondary N) is 2. The Morgan fingerprint density at radius 1 is 1.09 bits per heavy atom. The Bertz CT molecular complexity index is 762. The Labute approximate surface area is 137 Å². The normalized spacial score (nSPS) is 11.4. The Balaban J connectivity index is 2.02. The van der Waals surface area contributed by atoms with Gasteiger partial charge < -0.3 is 4.74 Å². The van der Waals surface area contributed by atoms with Crippen molar-refractivity contribution in [2.24, 2.45) is 0 Å². The summed E-state index contributed by atoms with van der Waals surface area (Å²) in [5.74, 6) is 0.438. The van der Waals surface area contributed by atoms with Crippen LogP contribution in [0.5, 0.6) is 5.88 Å². The molecule has 124 valence electrons. The van der Waals surface area contributed by atoms with Gasteiger partial charge in [-0.2, -0.15) is 17.9 Å². The molecular formula is C16H21N3O3S. The third kappa shape index (κ3) is 5.02. The number of rotatable bonds is 7. The molecule has 1 heterocycles. The maximum atomic E-state index is 12.1. The molecule has 0 aliphatic heterocycles. The van der Waals surface area contributed by atoms with Crippen LogP contribution in [0.2, 0.25) is 0 Å². The minimum absolute atomic E-state index is 0.117. The van der Waals surface area contributed by atoms with Gasteiger partial charge in [0.05, 0.1) is 7.11 Å². The third-order valence-electron chi connectivity index (χ3n) is 3.38. The maximum Gasteiger partial charge on any atom is 0.277 e. The summed E-state index contributed by atoms with van der Waals surface area (Å²) in [4.78, 5) is 4.27. The van der Waals surface area contributed by atoms with Gasteiger partial charge in [-0.1, -0.05) is 30.3 Å². The van der Waals surface area contributed by atoms with Gasteiger partial charge in [-0.05, 0) is 31.0 Å². The zero-order valence-electron chi connectivity index (χ0n) is 13.5. The van der Waals surface area contributed by atoms with Crippen LogP contribution in [0.1, 0.15) is 22.4 Å². The average molecular weight is 335 g/mol. The van der Waals surface area contributed by atoms with Crippen molar-refractivity contribution in [3.8, 4) is 5.88 Å². The Morgan fingerprint density at radius 2 is 1.74 bits per heavy atom. The Morgan fingerprint density at radius 3 is 2.39 bits per heavy atom. The van der Waals surface area contributed by atoms with Crippen molar-refractivity contribution < 1.29 is 13.2 Å². The minimum atomic E-state index is -3.61. The number of aryl methyl sites for hydroxylation is 2. The van der Waals surface area contributed by atoms with E-state index in [2.05, 4.69) is 14.4 Å². The highest BCUT2D eigenvalue weighted by Crippen LogP contribution is 2.20. The van der Waals surface area contributed by atoms with Crippen molar-refractivity contribution in [3.05, 3.63) is 58.8 Å². The number of ether oxygens (including phenoxy) is 1. The SMILES string of the molecule is COc1nc(C)cc(C)c1CNS(=O)(=O)NCc1ccccc1. The highest BCUT2D eigenvalue weighted by Gasteiger charge is 2.14. The largest absolute Gasteiger partial charge is 0.481 e. The lowest BCUT2D eigenvalue weighted by Crippen LogP contribution is -2.36. The number of pyridine rings is 1. The summed E-state index contributed by atoms with van der Waals surface area (Å²) < 4.78 is 34.4. The summed E-state index contributed by atoms with van der Waals surface area (Å²) in [6, 6.07) is 11.2. The van der Waals surface area contributed by atoms with Crippen LogP contribution in [0.4, 0.5) is 0 Å². The van der Waals surface area contributed by atoms with Gasteiger partial charge in [-0.3, -0.25) is 0 Å². The number of hydrogen-bond acceptors (Lipinski definition) is 4. The van der Waals surface area contributed by atoms with Gasteiger partial charge in [0.2, 0.25) is 5.88 Å². The molecular weight excluding hydrogens is 314 g/mol. The molecule has 0 amide bonds. The van der Waals surface area contributed by atoms with Crippen LogP contribution >= 0.6 is 0 Å². The van der Waals surface area contributed by atoms with Gasteiger partial charge in [-0.15, -0.1) is 0 Å². The van der Waals surface area contributed by atoms with Crippen molar-refractivity contribution in [3.63, 3.8) is 0 Å². The average Bonchev–Trinajstić information content (AvgIpc) is 2.52. The van der Waals surface area contributed by atoms with Crippen molar-refractivity contribution in [2.75, 3.05) is 7.11 Å². The van der Waals surface area contributed by atoms with E-state index in [1.54, 1.807) is 0 Å². The fourth-order valence-corrected chi connectivity index (χ4v) is 3.00. The van der Waals surface area contributed by atoms with E-state index in [-0.39, 0.29) is 13.1 Å². The standard InChI is InChI=1S/C16H21N3O3S/c1-12-9-13(2)19-16(22-3)15(12)11-18-23(20,21)17-10-14-7-5-4-6-8-14/h4-9,17-18H,10-11H2,1-3H3. The quantitative estimate of drug-likeness (QED) is 0.809. The Hall–Kier alpha value is -1.96. The van der Waals surface area contributed by atoms with Crippen molar-refractivity contribution in [1.82, 2.24) is 14.4 Å². The molecule has 1 aromatic carbocycles. The highest BCUT2D eigenvalue weighted by atomic mass is 32.2. The van der Waals surface area contributed by atoms with Gasteiger partial charge in [0, 0.05) is 24.3 Å². The molecule has 2 aromatic rings. The van der Waals surface area contributed by atoms with Crippen LogP contribution < -0.4 is 14.2 Å². The summed E-state index contributed by atoms with van der Waals surface area (Å²) in [5, 5.41) is 0. The smallest absolute Gasteiger partial charge is 0.277 e. The summed E-state index contributed by atoms with van der Waals surface area (Å²) in [6.45, 7) is 4.12. The van der Waals surface area contributed by atoms with E-state index >= 15 is 0 Å². The van der Waals surface area contributed by atoms with E-state index in [9.17, 15) is 8.42 Å². The van der Waals surface area contributed by atoms with Gasteiger partial charge in [-0.25, -0.2) is 4.98 Å². The van der Waals surface area contributed by atoms with E-state index < -0.39 is 10.2 Å². The molecule has 0 saturated heterocycles. The van der Waals surface area contributed by atoms with Crippen LogP contribution in [0, 0.1) is 13.8 Å². The molecule has 0 radical (unpaired) electrons. The van der Waals surface area contributed by atoms with Crippen molar-refractivity contribution in [2.45, 2.75) is 26.9 Å². The lowest BCUT2D eigenvalue weighted by Gasteiger charge is -2.13. The van der Waals surface area contributed by atoms with E-state index in [4.69, 9.17) is 4.74 Å². The first-order chi connectivity index (χ1) is 10.9. The lowest BCUT2D eigenvalue weighted by molar-refractivity contribution is 0.390. The molecule has 0 atom stereocenters. The molecule has 2 rings (SSSR count). The van der Waals surface area contributed by atoms with Gasteiger partial charge in [0.25, 0.3) is 10.2 Å². The fraction of sp³-hybridized carbons (Fsp3) is 0.312. The molecule has 0 bridgehead atoms. The fourth-order valence-electron chi connectivity index (χ4n) is 2.21. The minimum Gasteiger partial charge on any atom is -0.481 e. The summed E-state index contributed by atoms with van der Waals surface area (Å²) in [5.41, 5.74) is 3.38. The maximum absolute atomic E-state index is 12.1. The second-order valence-corrected chi connectivity index (χ2v) is 6.78. The summed E-state index contributed by atoms with van der Waals surface area (Å²) >= 11 is 0.